The van der Waals surface area contributed by atoms with Gasteiger partial charge < -0.3 is 0 Å². The number of hydrogen-bond acceptors (Lipinski definition) is 5. The second-order valence-corrected chi connectivity index (χ2v) is 8.62. The second kappa shape index (κ2) is 9.42. The van der Waals surface area contributed by atoms with Crippen LogP contribution in [-0.2, 0) is 19.4 Å². The fraction of sp³-hybridized carbons (Fsp3) is 0.400. The van der Waals surface area contributed by atoms with Crippen LogP contribution in [-0.4, -0.2) is 35.4 Å². The fourth-order valence-corrected chi connectivity index (χ4v) is 4.74. The normalized spacial score (nSPS) is 14.7. The molecule has 0 unspecified atom stereocenters. The van der Waals surface area contributed by atoms with E-state index in [4.69, 9.17) is 10.1 Å². The van der Waals surface area contributed by atoms with Gasteiger partial charge in [-0.05, 0) is 34.7 Å². The van der Waals surface area contributed by atoms with Crippen molar-refractivity contribution < 1.29 is 0 Å². The number of aromatic nitrogens is 7. The summed E-state index contributed by atoms with van der Waals surface area (Å²) < 4.78 is 2.07. The Morgan fingerprint density at radius 2 is 1.75 bits per heavy atom. The van der Waals surface area contributed by atoms with Gasteiger partial charge in [-0.1, -0.05) is 80.6 Å². The van der Waals surface area contributed by atoms with Crippen LogP contribution in [0.25, 0.3) is 22.5 Å². The molecule has 0 atom stereocenters. The van der Waals surface area contributed by atoms with Crippen molar-refractivity contribution >= 4 is 0 Å². The van der Waals surface area contributed by atoms with Crippen molar-refractivity contribution in [3.8, 4) is 22.5 Å². The molecule has 0 bridgehead atoms. The minimum atomic E-state index is 0.603. The van der Waals surface area contributed by atoms with Gasteiger partial charge in [-0.15, -0.1) is 10.2 Å². The molecule has 2 aromatic heterocycles. The predicted molar refractivity (Wildman–Crippen MR) is 124 cm³/mol. The van der Waals surface area contributed by atoms with Crippen molar-refractivity contribution in [3.05, 3.63) is 65.7 Å². The van der Waals surface area contributed by atoms with Gasteiger partial charge in [0.15, 0.2) is 5.82 Å². The Kier molecular flexibility index (Phi) is 6.05. The molecule has 7 nitrogen and oxygen atoms in total. The van der Waals surface area contributed by atoms with Crippen LogP contribution in [0.4, 0.5) is 0 Å². The van der Waals surface area contributed by atoms with Crippen LogP contribution in [0.3, 0.4) is 0 Å². The molecule has 2 aromatic carbocycles. The first kappa shape index (κ1) is 20.5. The van der Waals surface area contributed by atoms with Crippen molar-refractivity contribution in [1.82, 2.24) is 35.4 Å². The quantitative estimate of drug-likeness (QED) is 0.455. The third-order valence-electron chi connectivity index (χ3n) is 6.43. The van der Waals surface area contributed by atoms with Crippen molar-refractivity contribution in [2.75, 3.05) is 0 Å². The molecule has 4 aromatic rings. The third-order valence-corrected chi connectivity index (χ3v) is 6.43. The summed E-state index contributed by atoms with van der Waals surface area (Å²) in [6.45, 7) is 2.99. The van der Waals surface area contributed by atoms with Crippen LogP contribution in [0, 0.1) is 5.92 Å². The maximum atomic E-state index is 4.92. The molecule has 32 heavy (non-hydrogen) atoms. The van der Waals surface area contributed by atoms with Gasteiger partial charge in [-0.2, -0.15) is 10.3 Å². The largest absolute Gasteiger partial charge is 0.250 e. The summed E-state index contributed by atoms with van der Waals surface area (Å²) in [5.74, 6) is 3.42. The van der Waals surface area contributed by atoms with E-state index in [0.29, 0.717) is 5.82 Å². The maximum Gasteiger partial charge on any atom is 0.205 e. The molecular formula is C25H29N7. The number of aromatic amines is 1. The number of benzene rings is 2. The summed E-state index contributed by atoms with van der Waals surface area (Å²) >= 11 is 0. The van der Waals surface area contributed by atoms with E-state index in [2.05, 4.69) is 62.6 Å². The van der Waals surface area contributed by atoms with Gasteiger partial charge in [0.25, 0.3) is 0 Å². The van der Waals surface area contributed by atoms with Crippen LogP contribution < -0.4 is 0 Å². The number of H-pyrrole nitrogens is 1. The molecule has 0 spiro atoms. The van der Waals surface area contributed by atoms with Crippen LogP contribution in [0.15, 0.2) is 48.5 Å². The van der Waals surface area contributed by atoms with Crippen molar-refractivity contribution in [2.45, 2.75) is 58.4 Å². The third kappa shape index (κ3) is 4.47. The minimum Gasteiger partial charge on any atom is -0.250 e. The van der Waals surface area contributed by atoms with Gasteiger partial charge in [-0.3, -0.25) is 0 Å². The zero-order chi connectivity index (χ0) is 21.8. The molecule has 7 heteroatoms. The Labute approximate surface area is 188 Å². The Morgan fingerprint density at radius 1 is 0.969 bits per heavy atom. The van der Waals surface area contributed by atoms with Crippen LogP contribution in [0.2, 0.25) is 0 Å². The molecule has 5 rings (SSSR count). The van der Waals surface area contributed by atoms with Crippen LogP contribution in [0.5, 0.6) is 0 Å². The van der Waals surface area contributed by atoms with E-state index in [-0.39, 0.29) is 0 Å². The number of rotatable bonds is 7. The van der Waals surface area contributed by atoms with Crippen molar-refractivity contribution in [3.63, 3.8) is 0 Å². The van der Waals surface area contributed by atoms with Gasteiger partial charge in [0, 0.05) is 24.9 Å². The van der Waals surface area contributed by atoms with E-state index >= 15 is 0 Å². The number of nitrogens with one attached hydrogen (secondary N) is 1. The fourth-order valence-electron chi connectivity index (χ4n) is 4.74. The summed E-state index contributed by atoms with van der Waals surface area (Å²) in [5, 5.41) is 19.3. The molecule has 0 saturated heterocycles. The Hall–Kier alpha value is -3.35. The lowest BCUT2D eigenvalue weighted by Crippen LogP contribution is -2.10. The maximum absolute atomic E-state index is 4.92. The highest BCUT2D eigenvalue weighted by Gasteiger charge is 2.18. The van der Waals surface area contributed by atoms with Gasteiger partial charge in [0.2, 0.25) is 5.82 Å². The number of nitrogens with zero attached hydrogens (tertiary/aromatic N) is 6. The summed E-state index contributed by atoms with van der Waals surface area (Å²) in [7, 11) is 0. The first-order chi connectivity index (χ1) is 15.8. The van der Waals surface area contributed by atoms with Crippen molar-refractivity contribution in [2.24, 2.45) is 5.92 Å². The predicted octanol–water partition coefficient (Wildman–Crippen LogP) is 4.86. The summed E-state index contributed by atoms with van der Waals surface area (Å²) in [5.41, 5.74) is 4.42. The second-order valence-electron chi connectivity index (χ2n) is 8.62. The highest BCUT2D eigenvalue weighted by molar-refractivity contribution is 5.80. The number of tetrazole rings is 1. The van der Waals surface area contributed by atoms with E-state index in [9.17, 15) is 0 Å². The lowest BCUT2D eigenvalue weighted by atomic mass is 9.87. The van der Waals surface area contributed by atoms with Crippen LogP contribution >= 0.6 is 0 Å². The molecule has 1 N–H and O–H groups in total. The standard InChI is InChI=1S/C25H29N7/c1-2-32-24(26-23(29-32)16-18-8-4-3-5-9-18)17-19-12-14-20(15-13-19)21-10-6-7-11-22(21)25-27-30-31-28-25/h6-7,10-15,18H,2-5,8-9,16-17H2,1H3,(H,27,28,30,31). The smallest absolute Gasteiger partial charge is 0.205 e. The summed E-state index contributed by atoms with van der Waals surface area (Å²) in [6.07, 6.45) is 8.55. The molecule has 1 fully saturated rings. The molecule has 1 aliphatic rings. The van der Waals surface area contributed by atoms with Gasteiger partial charge in [0.1, 0.15) is 5.82 Å². The topological polar surface area (TPSA) is 85.2 Å². The first-order valence-electron chi connectivity index (χ1n) is 11.6. The zero-order valence-electron chi connectivity index (χ0n) is 18.5. The average molecular weight is 428 g/mol. The Balaban J connectivity index is 1.33. The molecule has 1 saturated carbocycles. The molecule has 1 aliphatic carbocycles. The number of hydrogen-bond donors (Lipinski definition) is 1. The molecule has 0 radical (unpaired) electrons. The monoisotopic (exact) mass is 427 g/mol. The average Bonchev–Trinajstić information content (AvgIpc) is 3.50. The lowest BCUT2D eigenvalue weighted by Gasteiger charge is -2.19. The summed E-state index contributed by atoms with van der Waals surface area (Å²) in [6, 6.07) is 16.8. The Bertz CT molecular complexity index is 1140. The molecule has 0 aliphatic heterocycles. The Morgan fingerprint density at radius 3 is 2.47 bits per heavy atom. The van der Waals surface area contributed by atoms with Gasteiger partial charge in [0.05, 0.1) is 0 Å². The zero-order valence-corrected chi connectivity index (χ0v) is 18.5. The summed E-state index contributed by atoms with van der Waals surface area (Å²) in [4.78, 5) is 4.92. The highest BCUT2D eigenvalue weighted by atomic mass is 15.5. The first-order valence-corrected chi connectivity index (χ1v) is 11.6. The molecular weight excluding hydrogens is 398 g/mol. The van der Waals surface area contributed by atoms with E-state index in [1.165, 1.54) is 37.7 Å². The molecule has 164 valence electrons. The van der Waals surface area contributed by atoms with E-state index < -0.39 is 0 Å². The van der Waals surface area contributed by atoms with E-state index in [0.717, 1.165) is 53.6 Å². The van der Waals surface area contributed by atoms with Crippen LogP contribution in [0.1, 0.15) is 56.2 Å². The number of aryl methyl sites for hydroxylation is 1. The lowest BCUT2D eigenvalue weighted by molar-refractivity contribution is 0.351. The molecule has 0 amide bonds. The molecule has 2 heterocycles. The van der Waals surface area contributed by atoms with E-state index in [1.54, 1.807) is 0 Å². The SMILES string of the molecule is CCn1nc(CC2CCCCC2)nc1Cc1ccc(-c2ccccc2-c2nn[nH]n2)cc1. The minimum absolute atomic E-state index is 0.603. The van der Waals surface area contributed by atoms with Crippen molar-refractivity contribution in [1.29, 1.82) is 0 Å². The van der Waals surface area contributed by atoms with Gasteiger partial charge >= 0.3 is 0 Å². The van der Waals surface area contributed by atoms with Gasteiger partial charge in [-0.25, -0.2) is 9.67 Å². The highest BCUT2D eigenvalue weighted by Crippen LogP contribution is 2.30. The van der Waals surface area contributed by atoms with E-state index in [1.807, 2.05) is 18.2 Å².